The van der Waals surface area contributed by atoms with Gasteiger partial charge in [0.25, 0.3) is 0 Å². The van der Waals surface area contributed by atoms with Gasteiger partial charge in [-0.1, -0.05) is 52.0 Å². The van der Waals surface area contributed by atoms with E-state index in [0.29, 0.717) is 5.92 Å². The van der Waals surface area contributed by atoms with Crippen LogP contribution in [0.4, 0.5) is 0 Å². The molecule has 0 aromatic heterocycles. The average molecular weight is 435 g/mol. The van der Waals surface area contributed by atoms with Crippen molar-refractivity contribution in [1.29, 1.82) is 0 Å². The van der Waals surface area contributed by atoms with Crippen LogP contribution in [0.2, 0.25) is 18.1 Å². The Bertz CT molecular complexity index is 702. The molecule has 0 saturated carbocycles. The maximum Gasteiger partial charge on any atom is 0.192 e. The van der Waals surface area contributed by atoms with Crippen LogP contribution < -0.4 is 0 Å². The van der Waals surface area contributed by atoms with Crippen molar-refractivity contribution in [3.63, 3.8) is 0 Å². The van der Waals surface area contributed by atoms with E-state index in [1.807, 2.05) is 18.2 Å². The smallest absolute Gasteiger partial charge is 0.192 e. The van der Waals surface area contributed by atoms with Crippen LogP contribution in [0.15, 0.2) is 24.3 Å². The maximum atomic E-state index is 11.3. The number of ether oxygens (including phenoxy) is 1. The summed E-state index contributed by atoms with van der Waals surface area (Å²) in [6.45, 7) is 14.8. The van der Waals surface area contributed by atoms with Gasteiger partial charge in [-0.05, 0) is 60.9 Å². The summed E-state index contributed by atoms with van der Waals surface area (Å²) in [7, 11) is -1.81. The highest BCUT2D eigenvalue weighted by Crippen LogP contribution is 2.49. The van der Waals surface area contributed by atoms with Gasteiger partial charge in [0, 0.05) is 25.0 Å². The molecule has 1 aromatic carbocycles. The van der Waals surface area contributed by atoms with E-state index < -0.39 is 14.4 Å². The number of hydrogen-bond donors (Lipinski definition) is 2. The van der Waals surface area contributed by atoms with E-state index in [-0.39, 0.29) is 35.7 Å². The van der Waals surface area contributed by atoms with Crippen molar-refractivity contribution in [2.75, 3.05) is 13.2 Å². The lowest BCUT2D eigenvalue weighted by molar-refractivity contribution is 0.0298. The molecular weight excluding hydrogens is 392 g/mol. The van der Waals surface area contributed by atoms with Gasteiger partial charge >= 0.3 is 0 Å². The predicted molar refractivity (Wildman–Crippen MR) is 124 cm³/mol. The second-order valence-electron chi connectivity index (χ2n) is 10.7. The molecule has 30 heavy (non-hydrogen) atoms. The number of aliphatic hydroxyl groups is 2. The van der Waals surface area contributed by atoms with Crippen molar-refractivity contribution in [2.24, 2.45) is 17.8 Å². The normalized spacial score (nSPS) is 27.8. The molecule has 2 N–H and O–H groups in total. The summed E-state index contributed by atoms with van der Waals surface area (Å²) >= 11 is 0. The van der Waals surface area contributed by atoms with Crippen molar-refractivity contribution >= 4 is 8.32 Å². The Labute approximate surface area is 184 Å². The number of fused-ring (bicyclic) bond motifs is 2. The predicted octanol–water partition coefficient (Wildman–Crippen LogP) is 5.10. The Hall–Kier alpha value is -0.723. The SMILES string of the molecule is CC(C)C(C)(C)[Si](C)(C)OCCCc1ccccc1[C@H](O)[C@@H]1[C@H](CO)[C@H]2CC[C@@H]1O2. The van der Waals surface area contributed by atoms with Crippen molar-refractivity contribution in [3.8, 4) is 0 Å². The van der Waals surface area contributed by atoms with E-state index >= 15 is 0 Å². The zero-order valence-electron chi connectivity index (χ0n) is 19.7. The average Bonchev–Trinajstić information content (AvgIpc) is 3.32. The van der Waals surface area contributed by atoms with Gasteiger partial charge in [-0.3, -0.25) is 0 Å². The van der Waals surface area contributed by atoms with Crippen LogP contribution in [-0.4, -0.2) is 44.0 Å². The Morgan fingerprint density at radius 1 is 1.17 bits per heavy atom. The second kappa shape index (κ2) is 9.41. The van der Waals surface area contributed by atoms with Crippen LogP contribution in [-0.2, 0) is 15.6 Å². The number of benzene rings is 1. The molecule has 4 nitrogen and oxygen atoms in total. The zero-order valence-corrected chi connectivity index (χ0v) is 20.7. The summed E-state index contributed by atoms with van der Waals surface area (Å²) in [5.74, 6) is 0.628. The van der Waals surface area contributed by atoms with Crippen LogP contribution in [0.1, 0.15) is 64.2 Å². The van der Waals surface area contributed by atoms with Gasteiger partial charge in [-0.15, -0.1) is 0 Å². The van der Waals surface area contributed by atoms with Gasteiger partial charge in [0.15, 0.2) is 8.32 Å². The summed E-state index contributed by atoms with van der Waals surface area (Å²) in [6, 6.07) is 8.22. The molecular formula is C25H42O4Si. The van der Waals surface area contributed by atoms with E-state index in [1.165, 1.54) is 5.56 Å². The molecule has 0 aliphatic carbocycles. The van der Waals surface area contributed by atoms with Crippen LogP contribution in [0.3, 0.4) is 0 Å². The Morgan fingerprint density at radius 3 is 2.50 bits per heavy atom. The molecule has 2 aliphatic rings. The first-order chi connectivity index (χ1) is 14.1. The van der Waals surface area contributed by atoms with E-state index in [4.69, 9.17) is 9.16 Å². The monoisotopic (exact) mass is 434 g/mol. The minimum absolute atomic E-state index is 0.00988. The fraction of sp³-hybridized carbons (Fsp3) is 0.760. The molecule has 2 saturated heterocycles. The summed E-state index contributed by atoms with van der Waals surface area (Å²) in [5, 5.41) is 21.4. The summed E-state index contributed by atoms with van der Waals surface area (Å²) in [4.78, 5) is 0. The molecule has 2 aliphatic heterocycles. The summed E-state index contributed by atoms with van der Waals surface area (Å²) in [5.41, 5.74) is 2.19. The third-order valence-electron chi connectivity index (χ3n) is 8.48. The second-order valence-corrected chi connectivity index (χ2v) is 15.3. The standard InChI is InChI=1S/C25H42O4Si/c1-17(2)25(3,4)30(5,6)28-15-9-11-18-10-7-8-12-19(18)24(27)23-20(16-26)21-13-14-22(23)29-21/h7-8,10,12,17,20-24,26-27H,9,11,13-16H2,1-6H3/t20-,21-,22+,23-,24+/m1/s1. The molecule has 1 aromatic rings. The molecule has 3 rings (SSSR count). The zero-order chi connectivity index (χ0) is 22.1. The topological polar surface area (TPSA) is 58.9 Å². The molecule has 2 fully saturated rings. The van der Waals surface area contributed by atoms with Gasteiger partial charge < -0.3 is 19.4 Å². The maximum absolute atomic E-state index is 11.3. The van der Waals surface area contributed by atoms with Crippen LogP contribution in [0, 0.1) is 17.8 Å². The highest BCUT2D eigenvalue weighted by Gasteiger charge is 2.51. The number of rotatable bonds is 10. The highest BCUT2D eigenvalue weighted by molar-refractivity contribution is 6.74. The van der Waals surface area contributed by atoms with E-state index in [0.717, 1.165) is 37.9 Å². The molecule has 0 spiro atoms. The number of aliphatic hydroxyl groups excluding tert-OH is 2. The molecule has 0 radical (unpaired) electrons. The molecule has 5 atom stereocenters. The Balaban J connectivity index is 1.62. The first-order valence-corrected chi connectivity index (χ1v) is 14.7. The lowest BCUT2D eigenvalue weighted by atomic mass is 9.74. The van der Waals surface area contributed by atoms with Crippen LogP contribution in [0.5, 0.6) is 0 Å². The van der Waals surface area contributed by atoms with Crippen LogP contribution in [0.25, 0.3) is 0 Å². The third kappa shape index (κ3) is 4.56. The highest BCUT2D eigenvalue weighted by atomic mass is 28.4. The van der Waals surface area contributed by atoms with E-state index in [2.05, 4.69) is 46.9 Å². The molecule has 170 valence electrons. The van der Waals surface area contributed by atoms with Gasteiger partial charge in [-0.2, -0.15) is 0 Å². The van der Waals surface area contributed by atoms with E-state index in [1.54, 1.807) is 0 Å². The molecule has 0 amide bonds. The van der Waals surface area contributed by atoms with Gasteiger partial charge in [0.2, 0.25) is 0 Å². The largest absolute Gasteiger partial charge is 0.417 e. The van der Waals surface area contributed by atoms with Crippen molar-refractivity contribution in [1.82, 2.24) is 0 Å². The lowest BCUT2D eigenvalue weighted by Crippen LogP contribution is -2.45. The fourth-order valence-corrected chi connectivity index (χ4v) is 7.63. The van der Waals surface area contributed by atoms with Crippen molar-refractivity contribution in [3.05, 3.63) is 35.4 Å². The van der Waals surface area contributed by atoms with Crippen molar-refractivity contribution in [2.45, 2.75) is 89.8 Å². The minimum Gasteiger partial charge on any atom is -0.417 e. The van der Waals surface area contributed by atoms with Crippen LogP contribution >= 0.6 is 0 Å². The van der Waals surface area contributed by atoms with Gasteiger partial charge in [0.1, 0.15) is 0 Å². The molecule has 2 heterocycles. The minimum atomic E-state index is -1.81. The Kier molecular flexibility index (Phi) is 7.51. The van der Waals surface area contributed by atoms with Gasteiger partial charge in [-0.25, -0.2) is 0 Å². The van der Waals surface area contributed by atoms with Crippen molar-refractivity contribution < 1.29 is 19.4 Å². The fourth-order valence-electron chi connectivity index (χ4n) is 5.22. The molecule has 5 heteroatoms. The Morgan fingerprint density at radius 2 is 1.83 bits per heavy atom. The third-order valence-corrected chi connectivity index (χ3v) is 13.1. The number of hydrogen-bond acceptors (Lipinski definition) is 4. The molecule has 2 bridgehead atoms. The molecule has 0 unspecified atom stereocenters. The summed E-state index contributed by atoms with van der Waals surface area (Å²) < 4.78 is 12.5. The lowest BCUT2D eigenvalue weighted by Gasteiger charge is -2.42. The van der Waals surface area contributed by atoms with E-state index in [9.17, 15) is 10.2 Å². The summed E-state index contributed by atoms with van der Waals surface area (Å²) in [6.07, 6.45) is 3.44. The first-order valence-electron chi connectivity index (χ1n) is 11.8. The number of aryl methyl sites for hydroxylation is 1. The quantitative estimate of drug-likeness (QED) is 0.397. The first kappa shape index (κ1) is 23.9. The van der Waals surface area contributed by atoms with Gasteiger partial charge in [0.05, 0.1) is 18.3 Å².